The second-order valence-electron chi connectivity index (χ2n) is 8.08. The van der Waals surface area contributed by atoms with E-state index in [1.54, 1.807) is 6.20 Å². The van der Waals surface area contributed by atoms with Gasteiger partial charge in [-0.1, -0.05) is 41.6 Å². The highest BCUT2D eigenvalue weighted by molar-refractivity contribution is 14.0. The fraction of sp³-hybridized carbons (Fsp3) is 0.417. The first-order valence-corrected chi connectivity index (χ1v) is 11.3. The van der Waals surface area contributed by atoms with Crippen molar-refractivity contribution in [3.05, 3.63) is 66.1 Å². The lowest BCUT2D eigenvalue weighted by molar-refractivity contribution is 0.258. The van der Waals surface area contributed by atoms with Gasteiger partial charge in [0.2, 0.25) is 0 Å². The van der Waals surface area contributed by atoms with Crippen LogP contribution in [0.2, 0.25) is 0 Å². The van der Waals surface area contributed by atoms with Crippen LogP contribution in [-0.2, 0) is 13.0 Å². The lowest BCUT2D eigenvalue weighted by Gasteiger charge is -2.21. The SMILES string of the molecule is CCNC(=NCCc1noc(-c2ccccn2)n1)NC1CC(C)N(Cc2ccccc2)C1.I. The van der Waals surface area contributed by atoms with Crippen molar-refractivity contribution in [3.63, 3.8) is 0 Å². The van der Waals surface area contributed by atoms with E-state index < -0.39 is 0 Å². The Kier molecular flexibility index (Phi) is 9.61. The summed E-state index contributed by atoms with van der Waals surface area (Å²) in [5.74, 6) is 1.90. The lowest BCUT2D eigenvalue weighted by atomic mass is 10.2. The standard InChI is InChI=1S/C24H31N7O.HI/c1-3-25-24(27-14-12-22-29-23(32-30-22)21-11-7-8-13-26-21)28-20-15-18(2)31(17-20)16-19-9-5-4-6-10-19;/h4-11,13,18,20H,3,12,14-17H2,1-2H3,(H2,25,27,28);1H. The molecule has 0 spiro atoms. The monoisotopic (exact) mass is 561 g/mol. The topological polar surface area (TPSA) is 91.5 Å². The summed E-state index contributed by atoms with van der Waals surface area (Å²) in [6.45, 7) is 7.74. The van der Waals surface area contributed by atoms with Crippen LogP contribution in [0.15, 0.2) is 64.2 Å². The molecule has 0 aliphatic carbocycles. The Morgan fingerprint density at radius 1 is 1.18 bits per heavy atom. The molecule has 4 rings (SSSR count). The molecule has 3 heterocycles. The van der Waals surface area contributed by atoms with Gasteiger partial charge < -0.3 is 15.2 Å². The van der Waals surface area contributed by atoms with Crippen LogP contribution >= 0.6 is 24.0 Å². The van der Waals surface area contributed by atoms with Crippen LogP contribution in [0.1, 0.15) is 31.7 Å². The number of nitrogens with one attached hydrogen (secondary N) is 2. The normalized spacial score (nSPS) is 18.7. The minimum absolute atomic E-state index is 0. The molecule has 0 bridgehead atoms. The van der Waals surface area contributed by atoms with Gasteiger partial charge in [-0.05, 0) is 38.0 Å². The van der Waals surface area contributed by atoms with Crippen LogP contribution in [-0.4, -0.2) is 57.7 Å². The second-order valence-corrected chi connectivity index (χ2v) is 8.08. The van der Waals surface area contributed by atoms with E-state index in [4.69, 9.17) is 9.52 Å². The van der Waals surface area contributed by atoms with Crippen molar-refractivity contribution in [1.82, 2.24) is 30.7 Å². The highest BCUT2D eigenvalue weighted by Crippen LogP contribution is 2.20. The third-order valence-electron chi connectivity index (χ3n) is 5.57. The predicted octanol–water partition coefficient (Wildman–Crippen LogP) is 3.51. The molecule has 9 heteroatoms. The predicted molar refractivity (Wildman–Crippen MR) is 140 cm³/mol. The Morgan fingerprint density at radius 3 is 2.76 bits per heavy atom. The smallest absolute Gasteiger partial charge is 0.276 e. The van der Waals surface area contributed by atoms with Gasteiger partial charge in [0.15, 0.2) is 11.8 Å². The largest absolute Gasteiger partial charge is 0.357 e. The number of aromatic nitrogens is 3. The number of hydrogen-bond acceptors (Lipinski definition) is 6. The highest BCUT2D eigenvalue weighted by atomic mass is 127. The molecule has 2 unspecified atom stereocenters. The number of guanidine groups is 1. The van der Waals surface area contributed by atoms with Gasteiger partial charge in [-0.15, -0.1) is 24.0 Å². The Bertz CT molecular complexity index is 996. The van der Waals surface area contributed by atoms with Crippen molar-refractivity contribution in [3.8, 4) is 11.6 Å². The van der Waals surface area contributed by atoms with Crippen LogP contribution in [0.25, 0.3) is 11.6 Å². The van der Waals surface area contributed by atoms with Crippen molar-refractivity contribution in [1.29, 1.82) is 0 Å². The Balaban J connectivity index is 0.00000306. The van der Waals surface area contributed by atoms with Gasteiger partial charge in [-0.3, -0.25) is 14.9 Å². The number of halogens is 1. The Hall–Kier alpha value is -2.53. The summed E-state index contributed by atoms with van der Waals surface area (Å²) in [5, 5.41) is 11.0. The van der Waals surface area contributed by atoms with E-state index in [1.165, 1.54) is 5.56 Å². The van der Waals surface area contributed by atoms with Gasteiger partial charge in [0.05, 0.1) is 0 Å². The molecule has 1 aliphatic rings. The fourth-order valence-corrected chi connectivity index (χ4v) is 3.97. The number of pyridine rings is 1. The summed E-state index contributed by atoms with van der Waals surface area (Å²) in [6.07, 6.45) is 3.41. The fourth-order valence-electron chi connectivity index (χ4n) is 3.97. The molecule has 33 heavy (non-hydrogen) atoms. The summed E-state index contributed by atoms with van der Waals surface area (Å²) < 4.78 is 5.33. The van der Waals surface area contributed by atoms with Crippen molar-refractivity contribution in [2.75, 3.05) is 19.6 Å². The average Bonchev–Trinajstić information content (AvgIpc) is 3.42. The van der Waals surface area contributed by atoms with E-state index in [2.05, 4.69) is 74.8 Å². The summed E-state index contributed by atoms with van der Waals surface area (Å²) in [6, 6.07) is 17.2. The van der Waals surface area contributed by atoms with Crippen LogP contribution in [0.4, 0.5) is 0 Å². The maximum absolute atomic E-state index is 5.33. The second kappa shape index (κ2) is 12.6. The van der Waals surface area contributed by atoms with E-state index in [1.807, 2.05) is 18.2 Å². The quantitative estimate of drug-likeness (QED) is 0.247. The van der Waals surface area contributed by atoms with E-state index in [9.17, 15) is 0 Å². The molecule has 2 aromatic heterocycles. The summed E-state index contributed by atoms with van der Waals surface area (Å²) in [5.41, 5.74) is 2.03. The van der Waals surface area contributed by atoms with Gasteiger partial charge in [-0.2, -0.15) is 4.98 Å². The molecule has 1 fully saturated rings. The number of nitrogens with zero attached hydrogens (tertiary/aromatic N) is 5. The van der Waals surface area contributed by atoms with Crippen molar-refractivity contribution in [2.45, 2.75) is 45.3 Å². The summed E-state index contributed by atoms with van der Waals surface area (Å²) in [7, 11) is 0. The van der Waals surface area contributed by atoms with E-state index in [0.29, 0.717) is 42.5 Å². The maximum Gasteiger partial charge on any atom is 0.276 e. The summed E-state index contributed by atoms with van der Waals surface area (Å²) >= 11 is 0. The van der Waals surface area contributed by atoms with Crippen LogP contribution in [0.3, 0.4) is 0 Å². The molecule has 2 N–H and O–H groups in total. The molecule has 176 valence electrons. The molecule has 1 aromatic carbocycles. The first-order valence-electron chi connectivity index (χ1n) is 11.3. The van der Waals surface area contributed by atoms with Crippen molar-refractivity contribution >= 4 is 29.9 Å². The first-order chi connectivity index (χ1) is 15.7. The number of rotatable bonds is 8. The molecule has 2 atom stereocenters. The van der Waals surface area contributed by atoms with Crippen LogP contribution in [0, 0.1) is 0 Å². The molecule has 8 nitrogen and oxygen atoms in total. The van der Waals surface area contributed by atoms with E-state index in [0.717, 1.165) is 32.0 Å². The van der Waals surface area contributed by atoms with E-state index >= 15 is 0 Å². The van der Waals surface area contributed by atoms with Gasteiger partial charge in [0, 0.05) is 50.9 Å². The molecule has 1 aliphatic heterocycles. The van der Waals surface area contributed by atoms with Gasteiger partial charge in [0.25, 0.3) is 5.89 Å². The molecule has 1 saturated heterocycles. The highest BCUT2D eigenvalue weighted by Gasteiger charge is 2.29. The number of aliphatic imine (C=N–C) groups is 1. The maximum atomic E-state index is 5.33. The average molecular weight is 561 g/mol. The minimum atomic E-state index is 0. The van der Waals surface area contributed by atoms with Crippen molar-refractivity contribution in [2.24, 2.45) is 4.99 Å². The number of hydrogen-bond donors (Lipinski definition) is 2. The molecule has 3 aromatic rings. The van der Waals surface area contributed by atoms with Crippen LogP contribution < -0.4 is 10.6 Å². The van der Waals surface area contributed by atoms with E-state index in [-0.39, 0.29) is 24.0 Å². The zero-order valence-corrected chi connectivity index (χ0v) is 21.5. The Labute approximate surface area is 212 Å². The van der Waals surface area contributed by atoms with Crippen LogP contribution in [0.5, 0.6) is 0 Å². The molecule has 0 saturated carbocycles. The minimum Gasteiger partial charge on any atom is -0.357 e. The number of benzene rings is 1. The zero-order valence-electron chi connectivity index (χ0n) is 19.1. The third-order valence-corrected chi connectivity index (χ3v) is 5.57. The summed E-state index contributed by atoms with van der Waals surface area (Å²) in [4.78, 5) is 15.9. The van der Waals surface area contributed by atoms with Gasteiger partial charge in [-0.25, -0.2) is 0 Å². The zero-order chi connectivity index (χ0) is 22.2. The van der Waals surface area contributed by atoms with Gasteiger partial charge >= 0.3 is 0 Å². The van der Waals surface area contributed by atoms with Crippen molar-refractivity contribution < 1.29 is 4.52 Å². The molecular weight excluding hydrogens is 529 g/mol. The Morgan fingerprint density at radius 2 is 2.00 bits per heavy atom. The molecule has 0 radical (unpaired) electrons. The molecular formula is C24H32IN7O. The molecule has 0 amide bonds. The third kappa shape index (κ3) is 7.23. The van der Waals surface area contributed by atoms with Gasteiger partial charge in [0.1, 0.15) is 5.69 Å². The first kappa shape index (κ1) is 25.1. The number of likely N-dealkylation sites (tertiary alicyclic amines) is 1. The lowest BCUT2D eigenvalue weighted by Crippen LogP contribution is -2.44.